The lowest BCUT2D eigenvalue weighted by molar-refractivity contribution is -0.117. The normalized spacial score (nSPS) is 12.5. The topological polar surface area (TPSA) is 26.3 Å². The smallest absolute Gasteiger partial charge is 0.130 e. The van der Waals surface area contributed by atoms with E-state index in [9.17, 15) is 4.79 Å². The molecule has 0 bridgehead atoms. The summed E-state index contributed by atoms with van der Waals surface area (Å²) < 4.78 is 5.58. The quantitative estimate of drug-likeness (QED) is 0.751. The van der Waals surface area contributed by atoms with Crippen LogP contribution in [-0.2, 0) is 11.2 Å². The number of ether oxygens (including phenoxy) is 1. The van der Waals surface area contributed by atoms with Gasteiger partial charge in [0.05, 0.1) is 6.10 Å². The van der Waals surface area contributed by atoms with E-state index in [0.717, 1.165) is 12.2 Å². The molecule has 1 aromatic rings. The summed E-state index contributed by atoms with van der Waals surface area (Å²) >= 11 is 0. The fourth-order valence-electron chi connectivity index (χ4n) is 1.94. The van der Waals surface area contributed by atoms with Gasteiger partial charge in [-0.2, -0.15) is 0 Å². The van der Waals surface area contributed by atoms with Gasteiger partial charge in [0.1, 0.15) is 11.5 Å². The molecule has 0 saturated heterocycles. The molecule has 0 aliphatic heterocycles. The van der Waals surface area contributed by atoms with E-state index in [2.05, 4.69) is 19.1 Å². The van der Waals surface area contributed by atoms with E-state index in [-0.39, 0.29) is 11.9 Å². The predicted octanol–water partition coefficient (Wildman–Crippen LogP) is 3.63. The highest BCUT2D eigenvalue weighted by Crippen LogP contribution is 2.17. The minimum Gasteiger partial charge on any atom is -0.491 e. The first kappa shape index (κ1) is 13.8. The molecule has 17 heavy (non-hydrogen) atoms. The molecule has 2 nitrogen and oxygen atoms in total. The van der Waals surface area contributed by atoms with Crippen LogP contribution in [0, 0.1) is 5.92 Å². The van der Waals surface area contributed by atoms with Crippen LogP contribution in [0.15, 0.2) is 24.3 Å². The van der Waals surface area contributed by atoms with Crippen LogP contribution >= 0.6 is 0 Å². The molecule has 1 rings (SSSR count). The zero-order chi connectivity index (χ0) is 12.8. The molecule has 1 unspecified atom stereocenters. The van der Waals surface area contributed by atoms with Gasteiger partial charge in [-0.3, -0.25) is 0 Å². The molecule has 2 heteroatoms. The second kappa shape index (κ2) is 6.43. The van der Waals surface area contributed by atoms with Gasteiger partial charge in [0, 0.05) is 6.42 Å². The van der Waals surface area contributed by atoms with Crippen LogP contribution in [0.25, 0.3) is 0 Å². The van der Waals surface area contributed by atoms with Crippen molar-refractivity contribution in [2.24, 2.45) is 5.92 Å². The van der Waals surface area contributed by atoms with Crippen LogP contribution < -0.4 is 4.74 Å². The van der Waals surface area contributed by atoms with Crippen molar-refractivity contribution in [1.29, 1.82) is 0 Å². The summed E-state index contributed by atoms with van der Waals surface area (Å²) in [5, 5.41) is 0. The van der Waals surface area contributed by atoms with Crippen molar-refractivity contribution in [3.05, 3.63) is 29.8 Å². The van der Waals surface area contributed by atoms with E-state index in [1.165, 1.54) is 5.56 Å². The molecule has 94 valence electrons. The molecule has 0 aromatic heterocycles. The molecule has 0 saturated carbocycles. The van der Waals surface area contributed by atoms with Crippen LogP contribution in [0.2, 0.25) is 0 Å². The summed E-state index contributed by atoms with van der Waals surface area (Å²) in [5.41, 5.74) is 1.26. The highest BCUT2D eigenvalue weighted by atomic mass is 16.5. The Hall–Kier alpha value is -1.31. The summed E-state index contributed by atoms with van der Waals surface area (Å²) in [6, 6.07) is 8.15. The number of ketones is 1. The van der Waals surface area contributed by atoms with E-state index >= 15 is 0 Å². The first-order chi connectivity index (χ1) is 7.97. The maximum absolute atomic E-state index is 11.0. The van der Waals surface area contributed by atoms with E-state index in [1.54, 1.807) is 6.92 Å². The largest absolute Gasteiger partial charge is 0.491 e. The van der Waals surface area contributed by atoms with E-state index in [0.29, 0.717) is 12.3 Å². The minimum atomic E-state index is 0.206. The van der Waals surface area contributed by atoms with E-state index in [1.807, 2.05) is 26.0 Å². The van der Waals surface area contributed by atoms with Crippen molar-refractivity contribution >= 4 is 5.78 Å². The van der Waals surface area contributed by atoms with Gasteiger partial charge in [0.15, 0.2) is 0 Å². The summed E-state index contributed by atoms with van der Waals surface area (Å²) in [5.74, 6) is 1.57. The Morgan fingerprint density at radius 2 is 1.76 bits per heavy atom. The maximum atomic E-state index is 11.0. The Balaban J connectivity index is 2.53. The van der Waals surface area contributed by atoms with Crippen LogP contribution in [0.3, 0.4) is 0 Å². The van der Waals surface area contributed by atoms with Gasteiger partial charge in [-0.05, 0) is 50.8 Å². The highest BCUT2D eigenvalue weighted by molar-refractivity contribution is 5.75. The van der Waals surface area contributed by atoms with E-state index < -0.39 is 0 Å². The summed E-state index contributed by atoms with van der Waals surface area (Å²) in [4.78, 5) is 11.0. The molecule has 0 amide bonds. The minimum absolute atomic E-state index is 0.206. The van der Waals surface area contributed by atoms with Crippen molar-refractivity contribution in [1.82, 2.24) is 0 Å². The third-order valence-corrected chi connectivity index (χ3v) is 2.52. The van der Waals surface area contributed by atoms with Crippen molar-refractivity contribution < 1.29 is 9.53 Å². The Kier molecular flexibility index (Phi) is 5.20. The Labute approximate surface area is 104 Å². The molecule has 0 heterocycles. The standard InChI is InChI=1S/C15H22O2/c1-11(2)17-15-7-5-14(6-8-15)10-12(3)9-13(4)16/h5-8,11-12H,9-10H2,1-4H3. The molecule has 0 fully saturated rings. The monoisotopic (exact) mass is 234 g/mol. The lowest BCUT2D eigenvalue weighted by Crippen LogP contribution is -2.06. The molecular weight excluding hydrogens is 212 g/mol. The van der Waals surface area contributed by atoms with Crippen molar-refractivity contribution in [3.63, 3.8) is 0 Å². The van der Waals surface area contributed by atoms with Gasteiger partial charge in [0.2, 0.25) is 0 Å². The Morgan fingerprint density at radius 3 is 2.24 bits per heavy atom. The molecule has 1 aromatic carbocycles. The zero-order valence-electron chi connectivity index (χ0n) is 11.2. The fourth-order valence-corrected chi connectivity index (χ4v) is 1.94. The Bertz CT molecular complexity index is 352. The summed E-state index contributed by atoms with van der Waals surface area (Å²) in [6.45, 7) is 7.79. The average Bonchev–Trinajstić information content (AvgIpc) is 2.18. The van der Waals surface area contributed by atoms with Gasteiger partial charge < -0.3 is 9.53 Å². The van der Waals surface area contributed by atoms with Gasteiger partial charge in [-0.25, -0.2) is 0 Å². The number of carbonyl (C=O) groups is 1. The van der Waals surface area contributed by atoms with Crippen LogP contribution in [0.1, 0.15) is 39.7 Å². The predicted molar refractivity (Wildman–Crippen MR) is 70.4 cm³/mol. The maximum Gasteiger partial charge on any atom is 0.130 e. The SMILES string of the molecule is CC(=O)CC(C)Cc1ccc(OC(C)C)cc1. The fraction of sp³-hybridized carbons (Fsp3) is 0.533. The van der Waals surface area contributed by atoms with Crippen molar-refractivity contribution in [3.8, 4) is 5.75 Å². The van der Waals surface area contributed by atoms with Gasteiger partial charge in [-0.1, -0.05) is 19.1 Å². The highest BCUT2D eigenvalue weighted by Gasteiger charge is 2.06. The molecule has 0 aliphatic carbocycles. The molecule has 0 N–H and O–H groups in total. The number of Topliss-reactive ketones (excluding diaryl/α,β-unsaturated/α-hetero) is 1. The van der Waals surface area contributed by atoms with Gasteiger partial charge in [-0.15, -0.1) is 0 Å². The number of rotatable bonds is 6. The second-order valence-electron chi connectivity index (χ2n) is 5.03. The molecule has 0 aliphatic rings. The first-order valence-electron chi connectivity index (χ1n) is 6.22. The first-order valence-corrected chi connectivity index (χ1v) is 6.22. The molecular formula is C15H22O2. The van der Waals surface area contributed by atoms with Crippen LogP contribution in [-0.4, -0.2) is 11.9 Å². The lowest BCUT2D eigenvalue weighted by Gasteiger charge is -2.12. The van der Waals surface area contributed by atoms with Crippen LogP contribution in [0.5, 0.6) is 5.75 Å². The second-order valence-corrected chi connectivity index (χ2v) is 5.03. The molecule has 1 atom stereocenters. The van der Waals surface area contributed by atoms with Crippen molar-refractivity contribution in [2.45, 2.75) is 46.6 Å². The molecule has 0 radical (unpaired) electrons. The molecule has 0 spiro atoms. The van der Waals surface area contributed by atoms with Crippen molar-refractivity contribution in [2.75, 3.05) is 0 Å². The zero-order valence-corrected chi connectivity index (χ0v) is 11.2. The van der Waals surface area contributed by atoms with Crippen LogP contribution in [0.4, 0.5) is 0 Å². The summed E-state index contributed by atoms with van der Waals surface area (Å²) in [7, 11) is 0. The van der Waals surface area contributed by atoms with E-state index in [4.69, 9.17) is 4.74 Å². The summed E-state index contributed by atoms with van der Waals surface area (Å²) in [6.07, 6.45) is 1.81. The number of hydrogen-bond acceptors (Lipinski definition) is 2. The van der Waals surface area contributed by atoms with Gasteiger partial charge in [0.25, 0.3) is 0 Å². The Morgan fingerprint density at radius 1 is 1.18 bits per heavy atom. The number of benzene rings is 1. The third kappa shape index (κ3) is 5.53. The lowest BCUT2D eigenvalue weighted by atomic mass is 9.96. The van der Waals surface area contributed by atoms with Gasteiger partial charge >= 0.3 is 0 Å². The third-order valence-electron chi connectivity index (χ3n) is 2.52. The average molecular weight is 234 g/mol. The number of hydrogen-bond donors (Lipinski definition) is 0. The number of carbonyl (C=O) groups excluding carboxylic acids is 1.